The van der Waals surface area contributed by atoms with Crippen LogP contribution in [0.2, 0.25) is 0 Å². The van der Waals surface area contributed by atoms with Crippen molar-refractivity contribution in [1.29, 1.82) is 0 Å². The van der Waals surface area contributed by atoms with Crippen molar-refractivity contribution in [3.8, 4) is 0 Å². The predicted octanol–water partition coefficient (Wildman–Crippen LogP) is 4.51. The maximum absolute atomic E-state index is 14.0. The molecule has 1 amide bonds. The molecule has 1 aliphatic heterocycles. The molecule has 5 rings (SSSR count). The molecule has 146 valence electrons. The van der Waals surface area contributed by atoms with Gasteiger partial charge in [0.25, 0.3) is 5.91 Å². The topological polar surface area (TPSA) is 62.4 Å². The molecule has 29 heavy (non-hydrogen) atoms. The van der Waals surface area contributed by atoms with Gasteiger partial charge in [0.05, 0.1) is 17.6 Å². The van der Waals surface area contributed by atoms with E-state index in [4.69, 9.17) is 4.74 Å². The number of nitrogens with one attached hydrogen (secondary N) is 1. The predicted molar refractivity (Wildman–Crippen MR) is 110 cm³/mol. The van der Waals surface area contributed by atoms with Crippen molar-refractivity contribution in [1.82, 2.24) is 9.88 Å². The van der Waals surface area contributed by atoms with E-state index in [1.54, 1.807) is 29.2 Å². The fraction of sp³-hybridized carbons (Fsp3) is 0.182. The Labute approximate surface area is 169 Å². The largest absolute Gasteiger partial charge is 0.465 e. The SMILES string of the molecule is COC(=O)c1ccc2[nH]c3c(c2c1)CN(C(=O)c1cc2c(F)cccc2s1)CC3. The van der Waals surface area contributed by atoms with Gasteiger partial charge < -0.3 is 14.6 Å². The second-order valence-electron chi connectivity index (χ2n) is 7.07. The van der Waals surface area contributed by atoms with Gasteiger partial charge >= 0.3 is 5.97 Å². The van der Waals surface area contributed by atoms with Crippen molar-refractivity contribution in [2.75, 3.05) is 13.7 Å². The highest BCUT2D eigenvalue weighted by Crippen LogP contribution is 2.32. The van der Waals surface area contributed by atoms with Crippen LogP contribution in [0.1, 0.15) is 31.3 Å². The molecule has 0 saturated carbocycles. The molecule has 1 aliphatic rings. The Morgan fingerprint density at radius 2 is 2.03 bits per heavy atom. The second kappa shape index (κ2) is 6.70. The zero-order valence-corrected chi connectivity index (χ0v) is 16.4. The monoisotopic (exact) mass is 408 g/mol. The van der Waals surface area contributed by atoms with E-state index in [9.17, 15) is 14.0 Å². The van der Waals surface area contributed by atoms with Gasteiger partial charge in [-0.3, -0.25) is 4.79 Å². The molecule has 4 aromatic rings. The Balaban J connectivity index is 1.49. The first-order chi connectivity index (χ1) is 14.0. The van der Waals surface area contributed by atoms with Gasteiger partial charge in [-0.05, 0) is 36.4 Å². The van der Waals surface area contributed by atoms with Crippen LogP contribution in [-0.2, 0) is 17.7 Å². The van der Waals surface area contributed by atoms with Crippen LogP contribution >= 0.6 is 11.3 Å². The number of benzene rings is 2. The summed E-state index contributed by atoms with van der Waals surface area (Å²) in [5, 5.41) is 1.40. The van der Waals surface area contributed by atoms with Crippen LogP contribution in [0.3, 0.4) is 0 Å². The lowest BCUT2D eigenvalue weighted by Crippen LogP contribution is -2.35. The van der Waals surface area contributed by atoms with Crippen molar-refractivity contribution >= 4 is 44.2 Å². The van der Waals surface area contributed by atoms with E-state index >= 15 is 0 Å². The van der Waals surface area contributed by atoms with E-state index in [0.717, 1.165) is 26.9 Å². The lowest BCUT2D eigenvalue weighted by molar-refractivity contribution is 0.0600. The molecule has 0 bridgehead atoms. The van der Waals surface area contributed by atoms with Gasteiger partial charge in [0.15, 0.2) is 0 Å². The van der Waals surface area contributed by atoms with Crippen LogP contribution < -0.4 is 0 Å². The van der Waals surface area contributed by atoms with Gasteiger partial charge in [-0.1, -0.05) is 6.07 Å². The Bertz CT molecular complexity index is 1290. The van der Waals surface area contributed by atoms with E-state index in [0.29, 0.717) is 35.3 Å². The van der Waals surface area contributed by atoms with E-state index in [1.807, 2.05) is 12.1 Å². The average Bonchev–Trinajstić information content (AvgIpc) is 3.34. The van der Waals surface area contributed by atoms with Crippen molar-refractivity contribution in [3.05, 3.63) is 70.0 Å². The number of carbonyl (C=O) groups excluding carboxylic acids is 2. The van der Waals surface area contributed by atoms with Crippen LogP contribution in [0.25, 0.3) is 21.0 Å². The standard InChI is InChI=1S/C22H17FN2O3S/c1-28-22(27)12-5-6-17-13(9-12)15-11-25(8-7-18(15)24-17)21(26)20-10-14-16(23)3-2-4-19(14)29-20/h2-6,9-10,24H,7-8,11H2,1H3. The maximum atomic E-state index is 14.0. The Hall–Kier alpha value is -3.19. The van der Waals surface area contributed by atoms with Crippen molar-refractivity contribution in [3.63, 3.8) is 0 Å². The molecular weight excluding hydrogens is 391 g/mol. The van der Waals surface area contributed by atoms with Gasteiger partial charge in [0.2, 0.25) is 0 Å². The first-order valence-electron chi connectivity index (χ1n) is 9.24. The number of methoxy groups -OCH3 is 1. The van der Waals surface area contributed by atoms with Crippen LogP contribution in [0, 0.1) is 5.82 Å². The van der Waals surface area contributed by atoms with Crippen LogP contribution in [0.4, 0.5) is 4.39 Å². The van der Waals surface area contributed by atoms with Crippen molar-refractivity contribution < 1.29 is 18.7 Å². The van der Waals surface area contributed by atoms with Gasteiger partial charge in [0, 0.05) is 51.8 Å². The summed E-state index contributed by atoms with van der Waals surface area (Å²) in [5.41, 5.74) is 3.50. The number of carbonyl (C=O) groups is 2. The number of hydrogen-bond donors (Lipinski definition) is 1. The number of aromatic amines is 1. The van der Waals surface area contributed by atoms with Crippen LogP contribution in [-0.4, -0.2) is 35.4 Å². The Morgan fingerprint density at radius 3 is 2.83 bits per heavy atom. The molecule has 0 saturated heterocycles. The molecule has 0 radical (unpaired) electrons. The fourth-order valence-electron chi connectivity index (χ4n) is 3.92. The minimum absolute atomic E-state index is 0.102. The first-order valence-corrected chi connectivity index (χ1v) is 10.1. The molecule has 2 aromatic carbocycles. The molecule has 0 unspecified atom stereocenters. The average molecular weight is 408 g/mol. The molecular formula is C22H17FN2O3S. The summed E-state index contributed by atoms with van der Waals surface area (Å²) in [6, 6.07) is 11.9. The Morgan fingerprint density at radius 1 is 1.17 bits per heavy atom. The quantitative estimate of drug-likeness (QED) is 0.497. The number of thiophene rings is 1. The third-order valence-electron chi connectivity index (χ3n) is 5.40. The number of hydrogen-bond acceptors (Lipinski definition) is 4. The summed E-state index contributed by atoms with van der Waals surface area (Å²) in [5.74, 6) is -0.807. The zero-order valence-electron chi connectivity index (χ0n) is 15.6. The summed E-state index contributed by atoms with van der Waals surface area (Å²) in [7, 11) is 1.35. The molecule has 0 atom stereocenters. The highest BCUT2D eigenvalue weighted by Gasteiger charge is 2.26. The summed E-state index contributed by atoms with van der Waals surface area (Å²) in [6.45, 7) is 1.02. The van der Waals surface area contributed by atoms with Gasteiger partial charge in [-0.2, -0.15) is 0 Å². The number of halogens is 1. The normalized spacial score (nSPS) is 13.7. The van der Waals surface area contributed by atoms with E-state index in [2.05, 4.69) is 4.98 Å². The number of esters is 1. The van der Waals surface area contributed by atoms with Crippen molar-refractivity contribution in [2.45, 2.75) is 13.0 Å². The molecule has 7 heteroatoms. The minimum Gasteiger partial charge on any atom is -0.465 e. The molecule has 5 nitrogen and oxygen atoms in total. The van der Waals surface area contributed by atoms with Gasteiger partial charge in [-0.15, -0.1) is 11.3 Å². The molecule has 2 aromatic heterocycles. The first kappa shape index (κ1) is 17.9. The van der Waals surface area contributed by atoms with Crippen LogP contribution in [0.15, 0.2) is 42.5 Å². The van der Waals surface area contributed by atoms with E-state index in [-0.39, 0.29) is 11.7 Å². The number of rotatable bonds is 2. The minimum atomic E-state index is -0.391. The highest BCUT2D eigenvalue weighted by molar-refractivity contribution is 7.20. The van der Waals surface area contributed by atoms with Gasteiger partial charge in [-0.25, -0.2) is 9.18 Å². The molecule has 0 fully saturated rings. The third-order valence-corrected chi connectivity index (χ3v) is 6.49. The van der Waals surface area contributed by atoms with E-state index < -0.39 is 5.97 Å². The Kier molecular flexibility index (Phi) is 4.13. The lowest BCUT2D eigenvalue weighted by atomic mass is 10.0. The summed E-state index contributed by atoms with van der Waals surface area (Å²) >= 11 is 1.31. The third kappa shape index (κ3) is 2.89. The summed E-state index contributed by atoms with van der Waals surface area (Å²) < 4.78 is 19.6. The number of H-pyrrole nitrogens is 1. The van der Waals surface area contributed by atoms with E-state index in [1.165, 1.54) is 24.5 Å². The molecule has 0 spiro atoms. The summed E-state index contributed by atoms with van der Waals surface area (Å²) in [4.78, 5) is 30.7. The fourth-order valence-corrected chi connectivity index (χ4v) is 4.96. The highest BCUT2D eigenvalue weighted by atomic mass is 32.1. The number of nitrogens with zero attached hydrogens (tertiary/aromatic N) is 1. The summed E-state index contributed by atoms with van der Waals surface area (Å²) in [6.07, 6.45) is 0.697. The van der Waals surface area contributed by atoms with Crippen LogP contribution in [0.5, 0.6) is 0 Å². The molecule has 0 aliphatic carbocycles. The lowest BCUT2D eigenvalue weighted by Gasteiger charge is -2.26. The molecule has 3 heterocycles. The number of fused-ring (bicyclic) bond motifs is 4. The zero-order chi connectivity index (χ0) is 20.1. The second-order valence-corrected chi connectivity index (χ2v) is 8.16. The molecule has 1 N–H and O–H groups in total. The number of amides is 1. The number of ether oxygens (including phenoxy) is 1. The van der Waals surface area contributed by atoms with Crippen molar-refractivity contribution in [2.24, 2.45) is 0 Å². The number of aromatic nitrogens is 1. The van der Waals surface area contributed by atoms with Gasteiger partial charge in [0.1, 0.15) is 5.82 Å². The smallest absolute Gasteiger partial charge is 0.337 e. The maximum Gasteiger partial charge on any atom is 0.337 e.